The van der Waals surface area contributed by atoms with Gasteiger partial charge in [0.1, 0.15) is 5.75 Å². The molecule has 0 aromatic heterocycles. The molecule has 0 saturated heterocycles. The van der Waals surface area contributed by atoms with Crippen LogP contribution in [0.2, 0.25) is 0 Å². The van der Waals surface area contributed by atoms with Crippen molar-refractivity contribution in [3.8, 4) is 11.5 Å². The second-order valence-electron chi connectivity index (χ2n) is 4.33. The Morgan fingerprint density at radius 1 is 1.24 bits per heavy atom. The lowest BCUT2D eigenvalue weighted by Crippen LogP contribution is -1.96. The molecule has 4 nitrogen and oxygen atoms in total. The molecule has 0 N–H and O–H groups in total. The van der Waals surface area contributed by atoms with Gasteiger partial charge in [0.2, 0.25) is 0 Å². The largest absolute Gasteiger partial charge is 0.451 e. The molecule has 0 fully saturated rings. The van der Waals surface area contributed by atoms with Gasteiger partial charge < -0.3 is 4.74 Å². The van der Waals surface area contributed by atoms with Crippen molar-refractivity contribution < 1.29 is 18.4 Å². The number of nitro groups is 1. The van der Waals surface area contributed by atoms with Crippen molar-refractivity contribution in [1.82, 2.24) is 0 Å². The fraction of sp³-hybridized carbons (Fsp3) is 0.143. The molecule has 110 valence electrons. The third-order valence-corrected chi connectivity index (χ3v) is 3.44. The summed E-state index contributed by atoms with van der Waals surface area (Å²) in [5.74, 6) is -2.07. The van der Waals surface area contributed by atoms with Gasteiger partial charge in [-0.3, -0.25) is 10.1 Å². The molecule has 0 aliphatic carbocycles. The summed E-state index contributed by atoms with van der Waals surface area (Å²) in [5, 5.41) is 11.0. The van der Waals surface area contributed by atoms with Gasteiger partial charge in [0, 0.05) is 17.0 Å². The maximum absolute atomic E-state index is 13.8. The third kappa shape index (κ3) is 3.36. The van der Waals surface area contributed by atoms with E-state index in [0.29, 0.717) is 16.5 Å². The van der Waals surface area contributed by atoms with Gasteiger partial charge in [0.25, 0.3) is 5.69 Å². The molecule has 0 aliphatic rings. The number of halogens is 3. The van der Waals surface area contributed by atoms with Crippen molar-refractivity contribution in [2.75, 3.05) is 0 Å². The number of nitrogens with zero attached hydrogens (tertiary/aromatic N) is 1. The van der Waals surface area contributed by atoms with Crippen LogP contribution in [0, 0.1) is 28.7 Å². The molecule has 0 radical (unpaired) electrons. The molecule has 0 heterocycles. The molecule has 0 saturated carbocycles. The van der Waals surface area contributed by atoms with E-state index in [1.807, 2.05) is 0 Å². The molecule has 2 aromatic rings. The highest BCUT2D eigenvalue weighted by molar-refractivity contribution is 9.08. The van der Waals surface area contributed by atoms with Crippen molar-refractivity contribution in [2.24, 2.45) is 0 Å². The molecule has 0 amide bonds. The quantitative estimate of drug-likeness (QED) is 0.445. The minimum atomic E-state index is -0.833. The molecule has 0 bridgehead atoms. The average Bonchev–Trinajstić information content (AvgIpc) is 2.42. The highest BCUT2D eigenvalue weighted by Gasteiger charge is 2.16. The van der Waals surface area contributed by atoms with Crippen molar-refractivity contribution in [1.29, 1.82) is 0 Å². The van der Waals surface area contributed by atoms with E-state index in [1.165, 1.54) is 25.1 Å². The van der Waals surface area contributed by atoms with E-state index in [4.69, 9.17) is 4.74 Å². The molecule has 21 heavy (non-hydrogen) atoms. The topological polar surface area (TPSA) is 52.4 Å². The van der Waals surface area contributed by atoms with Crippen LogP contribution >= 0.6 is 15.9 Å². The first-order chi connectivity index (χ1) is 9.92. The molecular weight excluding hydrogens is 348 g/mol. The summed E-state index contributed by atoms with van der Waals surface area (Å²) < 4.78 is 32.8. The summed E-state index contributed by atoms with van der Waals surface area (Å²) in [6.07, 6.45) is 0. The minimum Gasteiger partial charge on any atom is -0.451 e. The Labute approximate surface area is 127 Å². The molecule has 2 rings (SSSR count). The van der Waals surface area contributed by atoms with Crippen LogP contribution in [-0.4, -0.2) is 4.92 Å². The molecule has 0 spiro atoms. The van der Waals surface area contributed by atoms with E-state index in [0.717, 1.165) is 12.1 Å². The molecular formula is C14H10BrF2NO3. The predicted molar refractivity (Wildman–Crippen MR) is 76.9 cm³/mol. The zero-order chi connectivity index (χ0) is 15.6. The van der Waals surface area contributed by atoms with Crippen LogP contribution < -0.4 is 4.74 Å². The van der Waals surface area contributed by atoms with E-state index in [9.17, 15) is 18.9 Å². The number of rotatable bonds is 4. The number of benzene rings is 2. The van der Waals surface area contributed by atoms with Crippen LogP contribution in [-0.2, 0) is 5.33 Å². The summed E-state index contributed by atoms with van der Waals surface area (Å²) in [5.41, 5.74) is 0.700. The fourth-order valence-corrected chi connectivity index (χ4v) is 2.12. The zero-order valence-corrected chi connectivity index (χ0v) is 12.5. The normalized spacial score (nSPS) is 10.5. The van der Waals surface area contributed by atoms with Gasteiger partial charge in [-0.2, -0.15) is 0 Å². The summed E-state index contributed by atoms with van der Waals surface area (Å²) in [6, 6.07) is 6.20. The number of nitro benzene ring substituents is 1. The maximum atomic E-state index is 13.8. The van der Waals surface area contributed by atoms with E-state index in [-0.39, 0.29) is 11.4 Å². The van der Waals surface area contributed by atoms with Gasteiger partial charge in [0.15, 0.2) is 17.4 Å². The monoisotopic (exact) mass is 357 g/mol. The second-order valence-corrected chi connectivity index (χ2v) is 4.89. The Morgan fingerprint density at radius 2 is 1.86 bits per heavy atom. The molecule has 0 aliphatic heterocycles. The van der Waals surface area contributed by atoms with E-state index in [2.05, 4.69) is 15.9 Å². The number of aryl methyl sites for hydroxylation is 1. The van der Waals surface area contributed by atoms with Gasteiger partial charge in [-0.25, -0.2) is 8.78 Å². The van der Waals surface area contributed by atoms with Crippen LogP contribution in [0.3, 0.4) is 0 Å². The first-order valence-corrected chi connectivity index (χ1v) is 7.01. The highest BCUT2D eigenvalue weighted by atomic mass is 79.9. The van der Waals surface area contributed by atoms with Crippen molar-refractivity contribution in [3.05, 3.63) is 63.2 Å². The van der Waals surface area contributed by atoms with Gasteiger partial charge in [-0.05, 0) is 36.8 Å². The average molecular weight is 358 g/mol. The lowest BCUT2D eigenvalue weighted by atomic mass is 10.2. The summed E-state index contributed by atoms with van der Waals surface area (Å²) >= 11 is 3.11. The Balaban J connectivity index is 2.35. The molecule has 0 atom stereocenters. The van der Waals surface area contributed by atoms with E-state index < -0.39 is 22.3 Å². The molecule has 0 unspecified atom stereocenters. The lowest BCUT2D eigenvalue weighted by molar-refractivity contribution is -0.385. The van der Waals surface area contributed by atoms with Gasteiger partial charge >= 0.3 is 0 Å². The van der Waals surface area contributed by atoms with E-state index in [1.54, 1.807) is 0 Å². The standard InChI is InChI=1S/C14H10BrF2NO3/c1-8-4-10(2-3-13(8)18(19)20)21-14-11(16)5-9(7-15)6-12(14)17/h2-6H,7H2,1H3. The van der Waals surface area contributed by atoms with Gasteiger partial charge in [-0.1, -0.05) is 15.9 Å². The Morgan fingerprint density at radius 3 is 2.33 bits per heavy atom. The van der Waals surface area contributed by atoms with Crippen molar-refractivity contribution >= 4 is 21.6 Å². The van der Waals surface area contributed by atoms with Crippen molar-refractivity contribution in [2.45, 2.75) is 12.3 Å². The van der Waals surface area contributed by atoms with Gasteiger partial charge in [-0.15, -0.1) is 0 Å². The van der Waals surface area contributed by atoms with Crippen LogP contribution in [0.15, 0.2) is 30.3 Å². The Kier molecular flexibility index (Phi) is 4.52. The van der Waals surface area contributed by atoms with Crippen LogP contribution in [0.5, 0.6) is 11.5 Å². The summed E-state index contributed by atoms with van der Waals surface area (Å²) in [4.78, 5) is 10.2. The zero-order valence-electron chi connectivity index (χ0n) is 10.9. The smallest absolute Gasteiger partial charge is 0.272 e. The van der Waals surface area contributed by atoms with Crippen molar-refractivity contribution in [3.63, 3.8) is 0 Å². The maximum Gasteiger partial charge on any atom is 0.272 e. The first kappa shape index (κ1) is 15.4. The second kappa shape index (κ2) is 6.17. The number of ether oxygens (including phenoxy) is 1. The van der Waals surface area contributed by atoms with Gasteiger partial charge in [0.05, 0.1) is 4.92 Å². The molecule has 7 heteroatoms. The Bertz CT molecular complexity index is 684. The minimum absolute atomic E-state index is 0.0852. The first-order valence-electron chi connectivity index (χ1n) is 5.89. The fourth-order valence-electron chi connectivity index (χ4n) is 1.80. The van der Waals surface area contributed by atoms with Crippen LogP contribution in [0.4, 0.5) is 14.5 Å². The van der Waals surface area contributed by atoms with Crippen LogP contribution in [0.25, 0.3) is 0 Å². The Hall–Kier alpha value is -2.02. The molecule has 2 aromatic carbocycles. The highest BCUT2D eigenvalue weighted by Crippen LogP contribution is 2.31. The number of hydrogen-bond acceptors (Lipinski definition) is 3. The summed E-state index contributed by atoms with van der Waals surface area (Å²) in [7, 11) is 0. The number of alkyl halides is 1. The summed E-state index contributed by atoms with van der Waals surface area (Å²) in [6.45, 7) is 1.52. The SMILES string of the molecule is Cc1cc(Oc2c(F)cc(CBr)cc2F)ccc1[N+](=O)[O-]. The van der Waals surface area contributed by atoms with Crippen LogP contribution in [0.1, 0.15) is 11.1 Å². The lowest BCUT2D eigenvalue weighted by Gasteiger charge is -2.09. The third-order valence-electron chi connectivity index (χ3n) is 2.80. The van der Waals surface area contributed by atoms with E-state index >= 15 is 0 Å². The predicted octanol–water partition coefficient (Wildman–Crippen LogP) is 4.87. The number of hydrogen-bond donors (Lipinski definition) is 0.